The smallest absolute Gasteiger partial charge is 0.225 e. The molecular formula is C19H23ClN4O. The van der Waals surface area contributed by atoms with Crippen LogP contribution in [-0.4, -0.2) is 47.5 Å². The minimum Gasteiger partial charge on any atom is -0.355 e. The van der Waals surface area contributed by atoms with Gasteiger partial charge in [-0.2, -0.15) is 0 Å². The Balaban J connectivity index is 1.36. The third-order valence-electron chi connectivity index (χ3n) is 5.26. The number of rotatable bonds is 4. The molecule has 1 aromatic carbocycles. The van der Waals surface area contributed by atoms with Crippen molar-refractivity contribution in [2.75, 3.05) is 31.6 Å². The fraction of sp³-hybridized carbons (Fsp3) is 0.526. The Morgan fingerprint density at radius 2 is 2.00 bits per heavy atom. The van der Waals surface area contributed by atoms with Gasteiger partial charge in [-0.25, -0.2) is 4.98 Å². The molecule has 4 rings (SSSR count). The van der Waals surface area contributed by atoms with Gasteiger partial charge in [0, 0.05) is 37.6 Å². The van der Waals surface area contributed by atoms with E-state index in [0.29, 0.717) is 22.8 Å². The molecule has 0 spiro atoms. The summed E-state index contributed by atoms with van der Waals surface area (Å²) in [6.07, 6.45) is 6.16. The molecule has 1 saturated heterocycles. The van der Waals surface area contributed by atoms with Crippen LogP contribution in [0.15, 0.2) is 24.4 Å². The predicted octanol–water partition coefficient (Wildman–Crippen LogP) is 3.37. The second-order valence-electron chi connectivity index (χ2n) is 7.28. The first-order valence-corrected chi connectivity index (χ1v) is 9.40. The summed E-state index contributed by atoms with van der Waals surface area (Å²) in [6.45, 7) is 2.80. The first-order chi connectivity index (χ1) is 12.1. The number of fused-ring (bicyclic) bond motifs is 1. The third kappa shape index (κ3) is 3.71. The molecule has 1 aliphatic heterocycles. The Morgan fingerprint density at radius 1 is 1.24 bits per heavy atom. The molecule has 6 heteroatoms. The van der Waals surface area contributed by atoms with Crippen molar-refractivity contribution in [1.82, 2.24) is 14.9 Å². The summed E-state index contributed by atoms with van der Waals surface area (Å²) in [4.78, 5) is 25.6. The van der Waals surface area contributed by atoms with E-state index < -0.39 is 0 Å². The zero-order chi connectivity index (χ0) is 17.4. The van der Waals surface area contributed by atoms with E-state index in [2.05, 4.69) is 9.88 Å². The number of nitrogens with zero attached hydrogens (tertiary/aromatic N) is 4. The van der Waals surface area contributed by atoms with E-state index >= 15 is 0 Å². The minimum atomic E-state index is 0.312. The monoisotopic (exact) mass is 358 g/mol. The maximum Gasteiger partial charge on any atom is 0.225 e. The summed E-state index contributed by atoms with van der Waals surface area (Å²) in [7, 11) is 1.95. The lowest BCUT2D eigenvalue weighted by Crippen LogP contribution is -2.40. The predicted molar refractivity (Wildman–Crippen MR) is 99.8 cm³/mol. The first kappa shape index (κ1) is 16.6. The van der Waals surface area contributed by atoms with Gasteiger partial charge in [-0.15, -0.1) is 0 Å². The van der Waals surface area contributed by atoms with E-state index in [1.54, 1.807) is 0 Å². The molecule has 1 amide bonds. The molecule has 25 heavy (non-hydrogen) atoms. The molecule has 1 aliphatic carbocycles. The molecule has 0 N–H and O–H groups in total. The molecule has 0 atom stereocenters. The molecule has 0 bridgehead atoms. The number of anilines is 1. The highest BCUT2D eigenvalue weighted by Gasteiger charge is 2.33. The quantitative estimate of drug-likeness (QED) is 0.840. The van der Waals surface area contributed by atoms with Crippen molar-refractivity contribution >= 4 is 34.4 Å². The Kier molecular flexibility index (Phi) is 4.50. The summed E-state index contributed by atoms with van der Waals surface area (Å²) in [5.74, 6) is 2.15. The van der Waals surface area contributed by atoms with Gasteiger partial charge in [0.15, 0.2) is 0 Å². The molecule has 132 valence electrons. The van der Waals surface area contributed by atoms with Crippen molar-refractivity contribution in [3.63, 3.8) is 0 Å². The van der Waals surface area contributed by atoms with Gasteiger partial charge in [-0.1, -0.05) is 11.6 Å². The van der Waals surface area contributed by atoms with Crippen LogP contribution in [0.2, 0.25) is 5.02 Å². The van der Waals surface area contributed by atoms with E-state index in [1.165, 1.54) is 0 Å². The number of aromatic nitrogens is 2. The van der Waals surface area contributed by atoms with Crippen LogP contribution in [0.25, 0.3) is 11.0 Å². The zero-order valence-electron chi connectivity index (χ0n) is 14.5. The first-order valence-electron chi connectivity index (χ1n) is 9.02. The number of carbonyl (C=O) groups is 1. The number of hydrogen-bond acceptors (Lipinski definition) is 4. The zero-order valence-corrected chi connectivity index (χ0v) is 15.2. The SMILES string of the molecule is CN(CC1CCN(c2cnc3cc(Cl)ccc3n2)CC1)C(=O)C1CC1. The van der Waals surface area contributed by atoms with E-state index in [-0.39, 0.29) is 0 Å². The van der Waals surface area contributed by atoms with Crippen LogP contribution >= 0.6 is 11.6 Å². The lowest BCUT2D eigenvalue weighted by Gasteiger charge is -2.34. The van der Waals surface area contributed by atoms with Crippen molar-refractivity contribution in [3.8, 4) is 0 Å². The average Bonchev–Trinajstić information content (AvgIpc) is 3.46. The van der Waals surface area contributed by atoms with Crippen LogP contribution in [0, 0.1) is 11.8 Å². The molecule has 1 aromatic heterocycles. The van der Waals surface area contributed by atoms with Crippen molar-refractivity contribution in [3.05, 3.63) is 29.4 Å². The second-order valence-corrected chi connectivity index (χ2v) is 7.72. The lowest BCUT2D eigenvalue weighted by molar-refractivity contribution is -0.131. The van der Waals surface area contributed by atoms with Gasteiger partial charge >= 0.3 is 0 Å². The summed E-state index contributed by atoms with van der Waals surface area (Å²) >= 11 is 6.00. The molecule has 0 radical (unpaired) electrons. The number of carbonyl (C=O) groups excluding carboxylic acids is 1. The van der Waals surface area contributed by atoms with Gasteiger partial charge in [-0.3, -0.25) is 9.78 Å². The van der Waals surface area contributed by atoms with Gasteiger partial charge in [0.05, 0.1) is 17.2 Å². The fourth-order valence-corrected chi connectivity index (χ4v) is 3.76. The highest BCUT2D eigenvalue weighted by atomic mass is 35.5. The summed E-state index contributed by atoms with van der Waals surface area (Å²) in [5, 5.41) is 0.681. The second kappa shape index (κ2) is 6.79. The molecular weight excluding hydrogens is 336 g/mol. The van der Waals surface area contributed by atoms with Crippen LogP contribution in [0.3, 0.4) is 0 Å². The van der Waals surface area contributed by atoms with Crippen LogP contribution in [-0.2, 0) is 4.79 Å². The van der Waals surface area contributed by atoms with Crippen LogP contribution in [0.5, 0.6) is 0 Å². The fourth-order valence-electron chi connectivity index (χ4n) is 3.59. The Morgan fingerprint density at radius 3 is 2.72 bits per heavy atom. The van der Waals surface area contributed by atoms with Crippen molar-refractivity contribution < 1.29 is 4.79 Å². The van der Waals surface area contributed by atoms with E-state index in [4.69, 9.17) is 16.6 Å². The maximum absolute atomic E-state index is 12.1. The molecule has 2 heterocycles. The molecule has 1 saturated carbocycles. The summed E-state index contributed by atoms with van der Waals surface area (Å²) < 4.78 is 0. The molecule has 2 aromatic rings. The topological polar surface area (TPSA) is 49.3 Å². The molecule has 2 aliphatic rings. The highest BCUT2D eigenvalue weighted by Crippen LogP contribution is 2.31. The van der Waals surface area contributed by atoms with E-state index in [1.807, 2.05) is 36.3 Å². The number of amides is 1. The van der Waals surface area contributed by atoms with Crippen LogP contribution < -0.4 is 4.90 Å². The molecule has 0 unspecified atom stereocenters. The Labute approximate surface area is 153 Å². The largest absolute Gasteiger partial charge is 0.355 e. The number of benzene rings is 1. The highest BCUT2D eigenvalue weighted by molar-refractivity contribution is 6.31. The molecule has 5 nitrogen and oxygen atoms in total. The third-order valence-corrected chi connectivity index (χ3v) is 5.50. The van der Waals surface area contributed by atoms with Gasteiger partial charge < -0.3 is 9.80 Å². The van der Waals surface area contributed by atoms with Crippen molar-refractivity contribution in [2.45, 2.75) is 25.7 Å². The van der Waals surface area contributed by atoms with Crippen LogP contribution in [0.1, 0.15) is 25.7 Å². The number of hydrogen-bond donors (Lipinski definition) is 0. The maximum atomic E-state index is 12.1. The standard InChI is InChI=1S/C19H23ClN4O/c1-23(19(25)14-2-3-14)12-13-6-8-24(9-7-13)18-11-21-17-10-15(20)4-5-16(17)22-18/h4-5,10-11,13-14H,2-3,6-9,12H2,1H3. The van der Waals surface area contributed by atoms with Crippen molar-refractivity contribution in [2.24, 2.45) is 11.8 Å². The van der Waals surface area contributed by atoms with Crippen molar-refractivity contribution in [1.29, 1.82) is 0 Å². The van der Waals surface area contributed by atoms with Gasteiger partial charge in [-0.05, 0) is 49.8 Å². The summed E-state index contributed by atoms with van der Waals surface area (Å²) in [6, 6.07) is 5.60. The van der Waals surface area contributed by atoms with E-state index in [0.717, 1.165) is 62.2 Å². The van der Waals surface area contributed by atoms with Crippen LogP contribution in [0.4, 0.5) is 5.82 Å². The number of halogens is 1. The normalized spacial score (nSPS) is 18.6. The Hall–Kier alpha value is -1.88. The summed E-state index contributed by atoms with van der Waals surface area (Å²) in [5.41, 5.74) is 1.70. The van der Waals surface area contributed by atoms with E-state index in [9.17, 15) is 4.79 Å². The minimum absolute atomic E-state index is 0.312. The van der Waals surface area contributed by atoms with Gasteiger partial charge in [0.1, 0.15) is 5.82 Å². The molecule has 2 fully saturated rings. The number of piperidine rings is 1. The Bertz CT molecular complexity index is 784. The van der Waals surface area contributed by atoms with Gasteiger partial charge in [0.2, 0.25) is 5.91 Å². The average molecular weight is 359 g/mol. The van der Waals surface area contributed by atoms with Gasteiger partial charge in [0.25, 0.3) is 0 Å². The lowest BCUT2D eigenvalue weighted by atomic mass is 9.96.